The van der Waals surface area contributed by atoms with Gasteiger partial charge in [-0.2, -0.15) is 0 Å². The number of nitrogens with one attached hydrogen (secondary N) is 1. The van der Waals surface area contributed by atoms with E-state index in [4.69, 9.17) is 0 Å². The molecule has 0 spiro atoms. The second-order valence-electron chi connectivity index (χ2n) is 5.90. The van der Waals surface area contributed by atoms with Gasteiger partial charge in [-0.25, -0.2) is 4.98 Å². The Kier molecular flexibility index (Phi) is 5.56. The Balaban J connectivity index is 1.55. The highest BCUT2D eigenvalue weighted by Gasteiger charge is 2.10. The predicted octanol–water partition coefficient (Wildman–Crippen LogP) is 4.15. The van der Waals surface area contributed by atoms with Gasteiger partial charge in [-0.3, -0.25) is 4.79 Å². The van der Waals surface area contributed by atoms with E-state index in [0.29, 0.717) is 5.75 Å². The molecule has 3 rings (SSSR count). The van der Waals surface area contributed by atoms with Crippen molar-refractivity contribution in [2.45, 2.75) is 24.8 Å². The van der Waals surface area contributed by atoms with Crippen molar-refractivity contribution in [3.63, 3.8) is 0 Å². The summed E-state index contributed by atoms with van der Waals surface area (Å²) in [6.45, 7) is 4.06. The van der Waals surface area contributed by atoms with E-state index in [0.717, 1.165) is 16.1 Å². The fourth-order valence-electron chi connectivity index (χ4n) is 2.58. The van der Waals surface area contributed by atoms with Gasteiger partial charge in [-0.05, 0) is 43.2 Å². The Morgan fingerprint density at radius 2 is 1.96 bits per heavy atom. The molecule has 0 fully saturated rings. The smallest absolute Gasteiger partial charge is 0.230 e. The molecule has 1 heterocycles. The largest absolute Gasteiger partial charge is 0.349 e. The maximum absolute atomic E-state index is 12.2. The minimum atomic E-state index is -0.0261. The molecule has 2 aromatic carbocycles. The number of hydrogen-bond acceptors (Lipinski definition) is 3. The van der Waals surface area contributed by atoms with Crippen LogP contribution < -0.4 is 5.32 Å². The van der Waals surface area contributed by atoms with Crippen molar-refractivity contribution in [2.24, 2.45) is 0 Å². The first kappa shape index (κ1) is 17.3. The van der Waals surface area contributed by atoms with Gasteiger partial charge < -0.3 is 9.88 Å². The maximum atomic E-state index is 12.2. The van der Waals surface area contributed by atoms with Crippen molar-refractivity contribution in [2.75, 3.05) is 5.75 Å². The lowest BCUT2D eigenvalue weighted by atomic mass is 10.1. The molecule has 25 heavy (non-hydrogen) atoms. The molecule has 1 amide bonds. The minimum Gasteiger partial charge on any atom is -0.349 e. The zero-order chi connectivity index (χ0) is 17.6. The van der Waals surface area contributed by atoms with E-state index in [1.807, 2.05) is 60.2 Å². The topological polar surface area (TPSA) is 46.9 Å². The molecule has 0 unspecified atom stereocenters. The number of carbonyl (C=O) groups excluding carboxylic acids is 1. The van der Waals surface area contributed by atoms with Crippen LogP contribution in [-0.4, -0.2) is 21.2 Å². The fourth-order valence-corrected chi connectivity index (χ4v) is 3.42. The number of nitrogens with zero attached hydrogens (tertiary/aromatic N) is 2. The van der Waals surface area contributed by atoms with Gasteiger partial charge in [-0.1, -0.05) is 30.3 Å². The molecule has 1 atom stereocenters. The second kappa shape index (κ2) is 8.03. The van der Waals surface area contributed by atoms with Gasteiger partial charge >= 0.3 is 0 Å². The molecule has 0 aliphatic carbocycles. The van der Waals surface area contributed by atoms with Crippen LogP contribution in [0.25, 0.3) is 5.69 Å². The number of hydrogen-bond donors (Lipinski definition) is 1. The van der Waals surface area contributed by atoms with Crippen molar-refractivity contribution in [3.05, 3.63) is 78.4 Å². The first-order chi connectivity index (χ1) is 12.1. The van der Waals surface area contributed by atoms with Gasteiger partial charge in [0, 0.05) is 23.0 Å². The molecular formula is C20H21N3OS. The Labute approximate surface area is 152 Å². The zero-order valence-electron chi connectivity index (χ0n) is 14.3. The van der Waals surface area contributed by atoms with Crippen LogP contribution in [0, 0.1) is 6.92 Å². The molecule has 3 aromatic rings. The Morgan fingerprint density at radius 1 is 1.20 bits per heavy atom. The third-order valence-corrected chi connectivity index (χ3v) is 5.20. The monoisotopic (exact) mass is 351 g/mol. The number of carbonyl (C=O) groups is 1. The van der Waals surface area contributed by atoms with Crippen LogP contribution in [0.4, 0.5) is 0 Å². The maximum Gasteiger partial charge on any atom is 0.230 e. The summed E-state index contributed by atoms with van der Waals surface area (Å²) in [6.07, 6.45) is 5.43. The number of imidazole rings is 1. The van der Waals surface area contributed by atoms with Crippen LogP contribution in [0.15, 0.2) is 72.1 Å². The molecule has 0 aliphatic rings. The molecule has 5 heteroatoms. The van der Waals surface area contributed by atoms with Crippen molar-refractivity contribution >= 4 is 17.7 Å². The Morgan fingerprint density at radius 3 is 2.64 bits per heavy atom. The molecule has 0 saturated carbocycles. The standard InChI is InChI=1S/C20H21N3OS/c1-15-5-3-4-6-19(15)25-13-20(24)22-16(2)17-7-9-18(10-8-17)23-12-11-21-14-23/h3-12,14,16H,13H2,1-2H3,(H,22,24)/t16-/m1/s1. The first-order valence-corrected chi connectivity index (χ1v) is 9.18. The molecule has 128 valence electrons. The second-order valence-corrected chi connectivity index (χ2v) is 6.92. The van der Waals surface area contributed by atoms with E-state index in [1.165, 1.54) is 5.56 Å². The van der Waals surface area contributed by atoms with Crippen molar-refractivity contribution in [3.8, 4) is 5.69 Å². The first-order valence-electron chi connectivity index (χ1n) is 8.19. The Hall–Kier alpha value is -2.53. The number of rotatable bonds is 6. The van der Waals surface area contributed by atoms with E-state index >= 15 is 0 Å². The van der Waals surface area contributed by atoms with Gasteiger partial charge in [0.05, 0.1) is 18.1 Å². The van der Waals surface area contributed by atoms with Crippen LogP contribution in [0.2, 0.25) is 0 Å². The summed E-state index contributed by atoms with van der Waals surface area (Å²) < 4.78 is 1.95. The third-order valence-electron chi connectivity index (χ3n) is 4.03. The summed E-state index contributed by atoms with van der Waals surface area (Å²) >= 11 is 1.57. The van der Waals surface area contributed by atoms with Crippen molar-refractivity contribution in [1.29, 1.82) is 0 Å². The Bertz CT molecular complexity index is 828. The van der Waals surface area contributed by atoms with Gasteiger partial charge in [0.25, 0.3) is 0 Å². The lowest BCUT2D eigenvalue weighted by Crippen LogP contribution is -2.28. The van der Waals surface area contributed by atoms with Crippen molar-refractivity contribution < 1.29 is 4.79 Å². The number of amides is 1. The molecule has 1 aromatic heterocycles. The van der Waals surface area contributed by atoms with Crippen LogP contribution in [0.3, 0.4) is 0 Å². The predicted molar refractivity (Wildman–Crippen MR) is 102 cm³/mol. The highest BCUT2D eigenvalue weighted by molar-refractivity contribution is 8.00. The van der Waals surface area contributed by atoms with Gasteiger partial charge in [0.1, 0.15) is 0 Å². The number of aryl methyl sites for hydroxylation is 1. The van der Waals surface area contributed by atoms with Crippen molar-refractivity contribution in [1.82, 2.24) is 14.9 Å². The summed E-state index contributed by atoms with van der Waals surface area (Å²) in [6, 6.07) is 16.2. The van der Waals surface area contributed by atoms with Crippen LogP contribution in [-0.2, 0) is 4.79 Å². The van der Waals surface area contributed by atoms with Crippen LogP contribution in [0.5, 0.6) is 0 Å². The molecule has 4 nitrogen and oxygen atoms in total. The van der Waals surface area contributed by atoms with E-state index in [2.05, 4.69) is 23.3 Å². The van der Waals surface area contributed by atoms with Gasteiger partial charge in [-0.15, -0.1) is 11.8 Å². The molecular weight excluding hydrogens is 330 g/mol. The van der Waals surface area contributed by atoms with Gasteiger partial charge in [0.2, 0.25) is 5.91 Å². The molecule has 0 radical (unpaired) electrons. The van der Waals surface area contributed by atoms with E-state index in [-0.39, 0.29) is 11.9 Å². The number of thioether (sulfide) groups is 1. The summed E-state index contributed by atoms with van der Waals surface area (Å²) in [7, 11) is 0. The highest BCUT2D eigenvalue weighted by Crippen LogP contribution is 2.22. The fraction of sp³-hybridized carbons (Fsp3) is 0.200. The van der Waals surface area contributed by atoms with E-state index in [1.54, 1.807) is 24.3 Å². The normalized spacial score (nSPS) is 11.9. The minimum absolute atomic E-state index is 0.0261. The van der Waals surface area contributed by atoms with E-state index in [9.17, 15) is 4.79 Å². The molecule has 0 aliphatic heterocycles. The van der Waals surface area contributed by atoms with Crippen LogP contribution in [0.1, 0.15) is 24.1 Å². The van der Waals surface area contributed by atoms with Crippen LogP contribution >= 0.6 is 11.8 Å². The molecule has 0 bridgehead atoms. The molecule has 0 saturated heterocycles. The average molecular weight is 351 g/mol. The number of aromatic nitrogens is 2. The number of benzene rings is 2. The SMILES string of the molecule is Cc1ccccc1SCC(=O)N[C@H](C)c1ccc(-n2ccnc2)cc1. The summed E-state index contributed by atoms with van der Waals surface area (Å²) in [4.78, 5) is 17.4. The quantitative estimate of drug-likeness (QED) is 0.679. The lowest BCUT2D eigenvalue weighted by molar-refractivity contribution is -0.119. The average Bonchev–Trinajstić information content (AvgIpc) is 3.16. The summed E-state index contributed by atoms with van der Waals surface area (Å²) in [5.74, 6) is 0.460. The highest BCUT2D eigenvalue weighted by atomic mass is 32.2. The van der Waals surface area contributed by atoms with Gasteiger partial charge in [0.15, 0.2) is 0 Å². The van der Waals surface area contributed by atoms with E-state index < -0.39 is 0 Å². The molecule has 1 N–H and O–H groups in total. The zero-order valence-corrected chi connectivity index (χ0v) is 15.2. The third kappa shape index (κ3) is 4.51. The summed E-state index contributed by atoms with van der Waals surface area (Å²) in [5, 5.41) is 3.06. The summed E-state index contributed by atoms with van der Waals surface area (Å²) in [5.41, 5.74) is 3.33. The lowest BCUT2D eigenvalue weighted by Gasteiger charge is -2.15.